The summed E-state index contributed by atoms with van der Waals surface area (Å²) >= 11 is 0. The summed E-state index contributed by atoms with van der Waals surface area (Å²) in [4.78, 5) is 25.6. The van der Waals surface area contributed by atoms with E-state index in [0.717, 1.165) is 21.8 Å². The van der Waals surface area contributed by atoms with Crippen molar-refractivity contribution in [1.82, 2.24) is 10.3 Å². The predicted octanol–water partition coefficient (Wildman–Crippen LogP) is 2.14. The SMILES string of the molecule is O=C(O)CNC(=O)c1ccc2[nH]c3ccccc3c2c1. The molecule has 0 spiro atoms. The Bertz CT molecular complexity index is 820. The summed E-state index contributed by atoms with van der Waals surface area (Å²) in [5.74, 6) is -1.45. The quantitative estimate of drug-likeness (QED) is 0.680. The second-order valence-electron chi connectivity index (χ2n) is 4.51. The number of aliphatic carboxylic acids is 1. The van der Waals surface area contributed by atoms with Crippen LogP contribution in [-0.4, -0.2) is 28.5 Å². The van der Waals surface area contributed by atoms with Gasteiger partial charge < -0.3 is 15.4 Å². The van der Waals surface area contributed by atoms with Crippen LogP contribution in [0.1, 0.15) is 10.4 Å². The number of amides is 1. The first-order chi connectivity index (χ1) is 9.65. The molecule has 1 amide bonds. The van der Waals surface area contributed by atoms with Crippen LogP contribution in [0.3, 0.4) is 0 Å². The zero-order valence-corrected chi connectivity index (χ0v) is 10.5. The highest BCUT2D eigenvalue weighted by atomic mass is 16.4. The lowest BCUT2D eigenvalue weighted by molar-refractivity contribution is -0.135. The van der Waals surface area contributed by atoms with Crippen LogP contribution in [0.15, 0.2) is 42.5 Å². The highest BCUT2D eigenvalue weighted by Gasteiger charge is 2.10. The van der Waals surface area contributed by atoms with Gasteiger partial charge in [-0.1, -0.05) is 18.2 Å². The highest BCUT2D eigenvalue weighted by molar-refractivity contribution is 6.10. The molecule has 20 heavy (non-hydrogen) atoms. The molecule has 0 saturated heterocycles. The average molecular weight is 268 g/mol. The smallest absolute Gasteiger partial charge is 0.322 e. The minimum atomic E-state index is -1.06. The van der Waals surface area contributed by atoms with Gasteiger partial charge in [0.05, 0.1) is 0 Å². The van der Waals surface area contributed by atoms with E-state index in [2.05, 4.69) is 10.3 Å². The topological polar surface area (TPSA) is 82.2 Å². The van der Waals surface area contributed by atoms with Gasteiger partial charge in [-0.05, 0) is 24.3 Å². The number of carboxylic acids is 1. The maximum atomic E-state index is 11.9. The molecule has 5 nitrogen and oxygen atoms in total. The van der Waals surface area contributed by atoms with Crippen LogP contribution in [0.5, 0.6) is 0 Å². The number of carbonyl (C=O) groups excluding carboxylic acids is 1. The van der Waals surface area contributed by atoms with Gasteiger partial charge in [-0.15, -0.1) is 0 Å². The molecule has 3 aromatic rings. The molecule has 0 aliphatic heterocycles. The van der Waals surface area contributed by atoms with Gasteiger partial charge >= 0.3 is 5.97 Å². The van der Waals surface area contributed by atoms with Crippen molar-refractivity contribution in [2.45, 2.75) is 0 Å². The molecular weight excluding hydrogens is 256 g/mol. The van der Waals surface area contributed by atoms with Crippen LogP contribution < -0.4 is 5.32 Å². The summed E-state index contributed by atoms with van der Waals surface area (Å²) in [5, 5.41) is 12.9. The number of hydrogen-bond acceptors (Lipinski definition) is 2. The van der Waals surface area contributed by atoms with Gasteiger partial charge in [0.15, 0.2) is 0 Å². The van der Waals surface area contributed by atoms with Crippen LogP contribution in [0.4, 0.5) is 0 Å². The first kappa shape index (κ1) is 12.2. The minimum Gasteiger partial charge on any atom is -0.480 e. The molecule has 0 saturated carbocycles. The molecule has 0 aliphatic rings. The first-order valence-corrected chi connectivity index (χ1v) is 6.15. The summed E-state index contributed by atoms with van der Waals surface area (Å²) in [6.45, 7) is -0.384. The number of aromatic nitrogens is 1. The Labute approximate surface area is 114 Å². The van der Waals surface area contributed by atoms with Crippen molar-refractivity contribution >= 4 is 33.7 Å². The number of carbonyl (C=O) groups is 2. The van der Waals surface area contributed by atoms with E-state index in [0.29, 0.717) is 5.56 Å². The van der Waals surface area contributed by atoms with Crippen LogP contribution >= 0.6 is 0 Å². The monoisotopic (exact) mass is 268 g/mol. The second-order valence-corrected chi connectivity index (χ2v) is 4.51. The van der Waals surface area contributed by atoms with Crippen LogP contribution in [0.25, 0.3) is 21.8 Å². The molecule has 3 N–H and O–H groups in total. The molecule has 2 aromatic carbocycles. The summed E-state index contributed by atoms with van der Waals surface area (Å²) in [6, 6.07) is 13.1. The summed E-state index contributed by atoms with van der Waals surface area (Å²) in [5.41, 5.74) is 2.40. The van der Waals surface area contributed by atoms with E-state index in [4.69, 9.17) is 5.11 Å². The minimum absolute atomic E-state index is 0.384. The normalized spacial score (nSPS) is 10.8. The Hall–Kier alpha value is -2.82. The average Bonchev–Trinajstić information content (AvgIpc) is 2.82. The predicted molar refractivity (Wildman–Crippen MR) is 75.8 cm³/mol. The van der Waals surface area contributed by atoms with Crippen molar-refractivity contribution in [3.05, 3.63) is 48.0 Å². The molecule has 0 unspecified atom stereocenters. The number of carboxylic acid groups (broad SMARTS) is 1. The summed E-state index contributed by atoms with van der Waals surface area (Å²) in [7, 11) is 0. The van der Waals surface area contributed by atoms with E-state index in [1.165, 1.54) is 0 Å². The van der Waals surface area contributed by atoms with Gasteiger partial charge in [0, 0.05) is 27.4 Å². The Kier molecular flexibility index (Phi) is 2.87. The molecule has 0 fully saturated rings. The van der Waals surface area contributed by atoms with Gasteiger partial charge in [-0.2, -0.15) is 0 Å². The maximum absolute atomic E-state index is 11.9. The Morgan fingerprint density at radius 1 is 1.05 bits per heavy atom. The number of hydrogen-bond donors (Lipinski definition) is 3. The van der Waals surface area contributed by atoms with E-state index in [1.54, 1.807) is 12.1 Å². The molecule has 0 atom stereocenters. The number of rotatable bonds is 3. The van der Waals surface area contributed by atoms with Gasteiger partial charge in [-0.25, -0.2) is 0 Å². The summed E-state index contributed by atoms with van der Waals surface area (Å²) < 4.78 is 0. The van der Waals surface area contributed by atoms with E-state index in [1.807, 2.05) is 30.3 Å². The first-order valence-electron chi connectivity index (χ1n) is 6.15. The molecule has 3 rings (SSSR count). The molecule has 0 aliphatic carbocycles. The standard InChI is InChI=1S/C15H12N2O3/c18-14(19)8-16-15(20)9-5-6-13-11(7-9)10-3-1-2-4-12(10)17-13/h1-7,17H,8H2,(H,16,20)(H,18,19). The van der Waals surface area contributed by atoms with Crippen LogP contribution in [-0.2, 0) is 4.79 Å². The molecule has 0 bridgehead atoms. The second kappa shape index (κ2) is 4.70. The summed E-state index contributed by atoms with van der Waals surface area (Å²) in [6.07, 6.45) is 0. The number of fused-ring (bicyclic) bond motifs is 3. The third kappa shape index (κ3) is 2.09. The molecular formula is C15H12N2O3. The van der Waals surface area contributed by atoms with Crippen molar-refractivity contribution < 1.29 is 14.7 Å². The van der Waals surface area contributed by atoms with Crippen molar-refractivity contribution in [3.8, 4) is 0 Å². The Balaban J connectivity index is 2.03. The van der Waals surface area contributed by atoms with Gasteiger partial charge in [0.2, 0.25) is 0 Å². The highest BCUT2D eigenvalue weighted by Crippen LogP contribution is 2.25. The number of benzene rings is 2. The fourth-order valence-electron chi connectivity index (χ4n) is 2.25. The fraction of sp³-hybridized carbons (Fsp3) is 0.0667. The molecule has 1 aromatic heterocycles. The van der Waals surface area contributed by atoms with Gasteiger partial charge in [-0.3, -0.25) is 9.59 Å². The Morgan fingerprint density at radius 3 is 2.60 bits per heavy atom. The van der Waals surface area contributed by atoms with Crippen molar-refractivity contribution in [2.75, 3.05) is 6.54 Å². The number of H-pyrrole nitrogens is 1. The zero-order chi connectivity index (χ0) is 14.1. The third-order valence-electron chi connectivity index (χ3n) is 3.17. The van der Waals surface area contributed by atoms with E-state index in [-0.39, 0.29) is 12.5 Å². The number of nitrogens with one attached hydrogen (secondary N) is 2. The molecule has 100 valence electrons. The Morgan fingerprint density at radius 2 is 1.80 bits per heavy atom. The lowest BCUT2D eigenvalue weighted by Gasteiger charge is -2.02. The lowest BCUT2D eigenvalue weighted by Crippen LogP contribution is -2.29. The molecule has 5 heteroatoms. The van der Waals surface area contributed by atoms with Crippen molar-refractivity contribution in [1.29, 1.82) is 0 Å². The third-order valence-corrected chi connectivity index (χ3v) is 3.17. The number of aromatic amines is 1. The molecule has 1 heterocycles. The lowest BCUT2D eigenvalue weighted by atomic mass is 10.1. The number of para-hydroxylation sites is 1. The van der Waals surface area contributed by atoms with E-state index in [9.17, 15) is 9.59 Å². The van der Waals surface area contributed by atoms with Gasteiger partial charge in [0.1, 0.15) is 6.54 Å². The van der Waals surface area contributed by atoms with Crippen molar-refractivity contribution in [2.24, 2.45) is 0 Å². The van der Waals surface area contributed by atoms with E-state index < -0.39 is 5.97 Å². The molecule has 0 radical (unpaired) electrons. The van der Waals surface area contributed by atoms with Gasteiger partial charge in [0.25, 0.3) is 5.91 Å². The largest absolute Gasteiger partial charge is 0.480 e. The fourth-order valence-corrected chi connectivity index (χ4v) is 2.25. The van der Waals surface area contributed by atoms with Crippen LogP contribution in [0, 0.1) is 0 Å². The van der Waals surface area contributed by atoms with E-state index >= 15 is 0 Å². The van der Waals surface area contributed by atoms with Crippen LogP contribution in [0.2, 0.25) is 0 Å². The maximum Gasteiger partial charge on any atom is 0.322 e. The van der Waals surface area contributed by atoms with Crippen molar-refractivity contribution in [3.63, 3.8) is 0 Å². The zero-order valence-electron chi connectivity index (χ0n) is 10.5.